The van der Waals surface area contributed by atoms with Gasteiger partial charge in [-0.1, -0.05) is 48.5 Å². The van der Waals surface area contributed by atoms with Crippen LogP contribution in [0.25, 0.3) is 11.1 Å². The fraction of sp³-hybridized carbons (Fsp3) is 0.0952. The van der Waals surface area contributed by atoms with Gasteiger partial charge in [-0.3, -0.25) is 5.32 Å². The largest absolute Gasteiger partial charge is 0.478 e. The number of amides is 1. The van der Waals surface area contributed by atoms with E-state index in [1.807, 2.05) is 36.4 Å². The van der Waals surface area contributed by atoms with Crippen molar-refractivity contribution in [3.63, 3.8) is 0 Å². The molecule has 2 aromatic carbocycles. The van der Waals surface area contributed by atoms with Gasteiger partial charge in [-0.15, -0.1) is 0 Å². The van der Waals surface area contributed by atoms with Crippen LogP contribution in [0.1, 0.15) is 27.4 Å². The number of halogens is 1. The Morgan fingerprint density at radius 3 is 2.29 bits per heavy atom. The van der Waals surface area contributed by atoms with E-state index in [0.717, 1.165) is 22.3 Å². The number of pyridine rings is 1. The summed E-state index contributed by atoms with van der Waals surface area (Å²) in [5, 5.41) is 11.6. The summed E-state index contributed by atoms with van der Waals surface area (Å²) < 4.78 is 5.76. The van der Waals surface area contributed by atoms with Gasteiger partial charge < -0.3 is 9.84 Å². The molecule has 2 N–H and O–H groups in total. The number of nitrogens with one attached hydrogen (secondary N) is 1. The lowest BCUT2D eigenvalue weighted by atomic mass is 9.98. The van der Waals surface area contributed by atoms with Crippen LogP contribution in [0.15, 0.2) is 65.3 Å². The van der Waals surface area contributed by atoms with E-state index in [1.54, 1.807) is 0 Å². The summed E-state index contributed by atoms with van der Waals surface area (Å²) in [6.45, 7) is 0.169. The molecule has 0 aliphatic heterocycles. The SMILES string of the molecule is O=C(Nc1cc(C(=O)O)c(Br)cn1)OCC1c2ccccc2-c2ccccc21. The quantitative estimate of drug-likeness (QED) is 0.604. The Morgan fingerprint density at radius 2 is 1.68 bits per heavy atom. The molecule has 6 nitrogen and oxygen atoms in total. The van der Waals surface area contributed by atoms with Crippen molar-refractivity contribution < 1.29 is 19.4 Å². The topological polar surface area (TPSA) is 88.5 Å². The minimum atomic E-state index is -1.12. The molecular formula is C21H15BrN2O4. The Labute approximate surface area is 169 Å². The third-order valence-corrected chi connectivity index (χ3v) is 5.29. The summed E-state index contributed by atoms with van der Waals surface area (Å²) in [6.07, 6.45) is 0.635. The lowest BCUT2D eigenvalue weighted by molar-refractivity contribution is 0.0695. The van der Waals surface area contributed by atoms with Crippen LogP contribution in [0.3, 0.4) is 0 Å². The van der Waals surface area contributed by atoms with Crippen LogP contribution < -0.4 is 5.32 Å². The lowest BCUT2D eigenvalue weighted by Crippen LogP contribution is -2.18. The maximum absolute atomic E-state index is 12.2. The number of fused-ring (bicyclic) bond motifs is 3. The first-order valence-corrected chi connectivity index (χ1v) is 9.34. The number of carboxylic acid groups (broad SMARTS) is 1. The summed E-state index contributed by atoms with van der Waals surface area (Å²) in [5.74, 6) is -1.06. The third-order valence-electron chi connectivity index (χ3n) is 4.66. The maximum Gasteiger partial charge on any atom is 0.412 e. The molecule has 0 saturated heterocycles. The molecule has 3 aromatic rings. The Hall–Kier alpha value is -3.19. The van der Waals surface area contributed by atoms with E-state index in [9.17, 15) is 9.59 Å². The molecule has 28 heavy (non-hydrogen) atoms. The highest BCUT2D eigenvalue weighted by molar-refractivity contribution is 9.10. The van der Waals surface area contributed by atoms with Gasteiger partial charge in [0.25, 0.3) is 0 Å². The van der Waals surface area contributed by atoms with E-state index in [-0.39, 0.29) is 23.9 Å². The molecule has 1 aliphatic rings. The van der Waals surface area contributed by atoms with Crippen molar-refractivity contribution in [3.05, 3.63) is 82.0 Å². The summed E-state index contributed by atoms with van der Waals surface area (Å²) in [7, 11) is 0. The number of rotatable bonds is 4. The average molecular weight is 439 g/mol. The number of carbonyl (C=O) groups is 2. The van der Waals surface area contributed by atoms with E-state index in [1.165, 1.54) is 12.3 Å². The standard InChI is InChI=1S/C21H15BrN2O4/c22-18-10-23-19(9-16(18)20(25)26)24-21(27)28-11-17-14-7-3-1-5-12(14)13-6-2-4-8-15(13)17/h1-10,17H,11H2,(H,25,26)(H,23,24,27). The van der Waals surface area contributed by atoms with Crippen molar-refractivity contribution in [2.45, 2.75) is 5.92 Å². The molecule has 1 amide bonds. The fourth-order valence-electron chi connectivity index (χ4n) is 3.41. The molecule has 140 valence electrons. The number of hydrogen-bond acceptors (Lipinski definition) is 4. The van der Waals surface area contributed by atoms with E-state index in [4.69, 9.17) is 9.84 Å². The van der Waals surface area contributed by atoms with Crippen LogP contribution in [0.5, 0.6) is 0 Å². The third kappa shape index (κ3) is 3.36. The molecular weight excluding hydrogens is 424 g/mol. The first-order valence-electron chi connectivity index (χ1n) is 8.55. The zero-order chi connectivity index (χ0) is 19.7. The van der Waals surface area contributed by atoms with Crippen molar-refractivity contribution in [3.8, 4) is 11.1 Å². The van der Waals surface area contributed by atoms with Crippen molar-refractivity contribution in [2.75, 3.05) is 11.9 Å². The van der Waals surface area contributed by atoms with Crippen LogP contribution >= 0.6 is 15.9 Å². The molecule has 0 spiro atoms. The van der Waals surface area contributed by atoms with Crippen LogP contribution in [0.4, 0.5) is 10.6 Å². The molecule has 1 aromatic heterocycles. The van der Waals surface area contributed by atoms with Crippen LogP contribution in [-0.4, -0.2) is 28.8 Å². The summed E-state index contributed by atoms with van der Waals surface area (Å²) in [4.78, 5) is 27.4. The van der Waals surface area contributed by atoms with E-state index < -0.39 is 12.1 Å². The maximum atomic E-state index is 12.2. The smallest absolute Gasteiger partial charge is 0.412 e. The van der Waals surface area contributed by atoms with E-state index >= 15 is 0 Å². The number of anilines is 1. The number of nitrogens with zero attached hydrogens (tertiary/aromatic N) is 1. The first-order chi connectivity index (χ1) is 13.5. The first kappa shape index (κ1) is 18.2. The highest BCUT2D eigenvalue weighted by Gasteiger charge is 2.29. The summed E-state index contributed by atoms with van der Waals surface area (Å²) >= 11 is 3.12. The Balaban J connectivity index is 1.49. The lowest BCUT2D eigenvalue weighted by Gasteiger charge is -2.14. The van der Waals surface area contributed by atoms with Crippen molar-refractivity contribution in [2.24, 2.45) is 0 Å². The van der Waals surface area contributed by atoms with Crippen molar-refractivity contribution in [1.29, 1.82) is 0 Å². The van der Waals surface area contributed by atoms with E-state index in [2.05, 4.69) is 38.4 Å². The second-order valence-corrected chi connectivity index (χ2v) is 7.16. The Bertz CT molecular complexity index is 1040. The van der Waals surface area contributed by atoms with Gasteiger partial charge in [0.1, 0.15) is 12.4 Å². The van der Waals surface area contributed by atoms with Gasteiger partial charge in [0.05, 0.1) is 10.0 Å². The number of aromatic nitrogens is 1. The predicted molar refractivity (Wildman–Crippen MR) is 108 cm³/mol. The normalized spacial score (nSPS) is 12.2. The highest BCUT2D eigenvalue weighted by atomic mass is 79.9. The zero-order valence-electron chi connectivity index (χ0n) is 14.6. The van der Waals surface area contributed by atoms with Gasteiger partial charge in [0.15, 0.2) is 0 Å². The zero-order valence-corrected chi connectivity index (χ0v) is 16.1. The molecule has 4 rings (SSSR count). The van der Waals surface area contributed by atoms with Gasteiger partial charge >= 0.3 is 12.1 Å². The molecule has 1 heterocycles. The fourth-order valence-corrected chi connectivity index (χ4v) is 3.80. The molecule has 1 aliphatic carbocycles. The summed E-state index contributed by atoms with van der Waals surface area (Å²) in [5.41, 5.74) is 4.53. The van der Waals surface area contributed by atoms with Gasteiger partial charge in [-0.05, 0) is 44.3 Å². The molecule has 0 unspecified atom stereocenters. The number of aromatic carboxylic acids is 1. The second kappa shape index (κ2) is 7.44. The van der Waals surface area contributed by atoms with Gasteiger partial charge in [-0.25, -0.2) is 14.6 Å². The molecule has 0 saturated carbocycles. The molecule has 0 fully saturated rings. The molecule has 7 heteroatoms. The van der Waals surface area contributed by atoms with Crippen LogP contribution in [0.2, 0.25) is 0 Å². The average Bonchev–Trinajstić information content (AvgIpc) is 3.01. The van der Waals surface area contributed by atoms with Crippen LogP contribution in [0, 0.1) is 0 Å². The minimum Gasteiger partial charge on any atom is -0.478 e. The number of carbonyl (C=O) groups excluding carboxylic acids is 1. The molecule has 0 bridgehead atoms. The van der Waals surface area contributed by atoms with Gasteiger partial charge in [0.2, 0.25) is 0 Å². The number of carboxylic acids is 1. The number of hydrogen-bond donors (Lipinski definition) is 2. The highest BCUT2D eigenvalue weighted by Crippen LogP contribution is 2.44. The second-order valence-electron chi connectivity index (χ2n) is 6.31. The van der Waals surface area contributed by atoms with Crippen molar-refractivity contribution in [1.82, 2.24) is 4.98 Å². The minimum absolute atomic E-state index is 0.00366. The summed E-state index contributed by atoms with van der Waals surface area (Å²) in [6, 6.07) is 17.4. The van der Waals surface area contributed by atoms with Gasteiger partial charge in [-0.2, -0.15) is 0 Å². The number of benzene rings is 2. The number of ether oxygens (including phenoxy) is 1. The van der Waals surface area contributed by atoms with Crippen molar-refractivity contribution >= 4 is 33.8 Å². The van der Waals surface area contributed by atoms with E-state index in [0.29, 0.717) is 4.47 Å². The Kier molecular flexibility index (Phi) is 4.83. The molecule has 0 radical (unpaired) electrons. The monoisotopic (exact) mass is 438 g/mol. The molecule has 0 atom stereocenters. The van der Waals surface area contributed by atoms with Gasteiger partial charge in [0, 0.05) is 12.1 Å². The predicted octanol–water partition coefficient (Wildman–Crippen LogP) is 4.90. The van der Waals surface area contributed by atoms with Crippen LogP contribution in [-0.2, 0) is 4.74 Å². The Morgan fingerprint density at radius 1 is 1.07 bits per heavy atom.